The Labute approximate surface area is 109 Å². The second-order valence-corrected chi connectivity index (χ2v) is 4.69. The number of hydrogen-bond acceptors (Lipinski definition) is 2. The molecular weight excluding hydrogens is 210 g/mol. The van der Waals surface area contributed by atoms with Crippen LogP contribution in [0.25, 0.3) is 0 Å². The van der Waals surface area contributed by atoms with Crippen LogP contribution in [0, 0.1) is 0 Å². The van der Waals surface area contributed by atoms with Gasteiger partial charge < -0.3 is 9.64 Å². The van der Waals surface area contributed by atoms with E-state index in [9.17, 15) is 0 Å². The van der Waals surface area contributed by atoms with Crippen LogP contribution >= 0.6 is 0 Å². The van der Waals surface area contributed by atoms with E-state index in [1.807, 2.05) is 21.0 Å². The second-order valence-electron chi connectivity index (χ2n) is 4.69. The molecule has 2 heteroatoms. The normalized spacial score (nSPS) is 17.6. The molecule has 0 bridgehead atoms. The fourth-order valence-corrected chi connectivity index (χ4v) is 2.31. The molecule has 1 saturated heterocycles. The van der Waals surface area contributed by atoms with Gasteiger partial charge in [0.05, 0.1) is 6.10 Å². The zero-order valence-corrected chi connectivity index (χ0v) is 12.5. The Morgan fingerprint density at radius 3 is 2.12 bits per heavy atom. The molecular formula is C15H33NO. The largest absolute Gasteiger partial charge is 0.381 e. The maximum Gasteiger partial charge on any atom is 0.0595 e. The molecule has 1 aliphatic heterocycles. The lowest BCUT2D eigenvalue weighted by atomic mass is 10.1. The molecule has 1 heterocycles. The lowest BCUT2D eigenvalue weighted by molar-refractivity contribution is 0.0407. The summed E-state index contributed by atoms with van der Waals surface area (Å²) in [4.78, 5) is 2.60. The first-order chi connectivity index (χ1) is 8.36. The standard InChI is InChI=1S/C13H27NO.C2H6/c1-3-4-5-6-7-10-14-11-8-13(15-2)9-12-14;1-2/h13H,3-12H2,1-2H3;1-2H3. The van der Waals surface area contributed by atoms with Crippen molar-refractivity contribution in [1.29, 1.82) is 0 Å². The Morgan fingerprint density at radius 2 is 1.59 bits per heavy atom. The summed E-state index contributed by atoms with van der Waals surface area (Å²) in [6, 6.07) is 0. The number of rotatable bonds is 7. The van der Waals surface area contributed by atoms with Crippen LogP contribution in [-0.4, -0.2) is 37.7 Å². The summed E-state index contributed by atoms with van der Waals surface area (Å²) >= 11 is 0. The lowest BCUT2D eigenvalue weighted by Gasteiger charge is -2.31. The third-order valence-electron chi connectivity index (χ3n) is 3.45. The molecule has 0 aromatic rings. The summed E-state index contributed by atoms with van der Waals surface area (Å²) in [5.41, 5.74) is 0. The Kier molecular flexibility index (Phi) is 12.3. The van der Waals surface area contributed by atoms with Gasteiger partial charge in [0.15, 0.2) is 0 Å². The molecule has 0 aromatic heterocycles. The van der Waals surface area contributed by atoms with Crippen LogP contribution in [0.2, 0.25) is 0 Å². The maximum absolute atomic E-state index is 5.37. The van der Waals surface area contributed by atoms with Crippen LogP contribution < -0.4 is 0 Å². The fraction of sp³-hybridized carbons (Fsp3) is 1.00. The van der Waals surface area contributed by atoms with Crippen molar-refractivity contribution in [2.24, 2.45) is 0 Å². The molecule has 2 nitrogen and oxygen atoms in total. The van der Waals surface area contributed by atoms with Gasteiger partial charge in [0.2, 0.25) is 0 Å². The van der Waals surface area contributed by atoms with Gasteiger partial charge in [0.1, 0.15) is 0 Å². The summed E-state index contributed by atoms with van der Waals surface area (Å²) in [5, 5.41) is 0. The average Bonchev–Trinajstić information content (AvgIpc) is 2.41. The predicted octanol–water partition coefficient (Wildman–Crippen LogP) is 4.09. The molecule has 0 aliphatic carbocycles. The van der Waals surface area contributed by atoms with Gasteiger partial charge >= 0.3 is 0 Å². The van der Waals surface area contributed by atoms with E-state index in [-0.39, 0.29) is 0 Å². The van der Waals surface area contributed by atoms with Crippen molar-refractivity contribution in [3.63, 3.8) is 0 Å². The quantitative estimate of drug-likeness (QED) is 0.624. The van der Waals surface area contributed by atoms with E-state index >= 15 is 0 Å². The van der Waals surface area contributed by atoms with Gasteiger partial charge in [-0.1, -0.05) is 46.5 Å². The first-order valence-electron chi connectivity index (χ1n) is 7.62. The number of ether oxygens (including phenoxy) is 1. The monoisotopic (exact) mass is 243 g/mol. The van der Waals surface area contributed by atoms with Crippen LogP contribution in [0.1, 0.15) is 65.7 Å². The molecule has 0 amide bonds. The first-order valence-corrected chi connectivity index (χ1v) is 7.62. The van der Waals surface area contributed by atoms with Gasteiger partial charge in [-0.15, -0.1) is 0 Å². The van der Waals surface area contributed by atoms with Crippen LogP contribution in [0.3, 0.4) is 0 Å². The third-order valence-corrected chi connectivity index (χ3v) is 3.45. The Bertz CT molecular complexity index is 142. The van der Waals surface area contributed by atoms with Crippen LogP contribution in [-0.2, 0) is 4.74 Å². The van der Waals surface area contributed by atoms with Crippen LogP contribution in [0.4, 0.5) is 0 Å². The highest BCUT2D eigenvalue weighted by atomic mass is 16.5. The topological polar surface area (TPSA) is 12.5 Å². The van der Waals surface area contributed by atoms with Crippen molar-refractivity contribution in [3.8, 4) is 0 Å². The second kappa shape index (κ2) is 12.4. The molecule has 0 radical (unpaired) electrons. The highest BCUT2D eigenvalue weighted by Crippen LogP contribution is 2.13. The molecule has 0 unspecified atom stereocenters. The van der Waals surface area contributed by atoms with E-state index in [1.54, 1.807) is 0 Å². The zero-order chi connectivity index (χ0) is 12.9. The molecule has 0 saturated carbocycles. The summed E-state index contributed by atoms with van der Waals surface area (Å²) in [6.07, 6.45) is 9.96. The molecule has 0 atom stereocenters. The van der Waals surface area contributed by atoms with E-state index in [1.165, 1.54) is 64.6 Å². The number of unbranched alkanes of at least 4 members (excludes halogenated alkanes) is 4. The van der Waals surface area contributed by atoms with Crippen molar-refractivity contribution in [3.05, 3.63) is 0 Å². The predicted molar refractivity (Wildman–Crippen MR) is 76.6 cm³/mol. The smallest absolute Gasteiger partial charge is 0.0595 e. The van der Waals surface area contributed by atoms with E-state index < -0.39 is 0 Å². The number of piperidine rings is 1. The van der Waals surface area contributed by atoms with Crippen molar-refractivity contribution in [2.75, 3.05) is 26.7 Å². The van der Waals surface area contributed by atoms with Crippen LogP contribution in [0.5, 0.6) is 0 Å². The average molecular weight is 243 g/mol. The van der Waals surface area contributed by atoms with Gasteiger partial charge in [0, 0.05) is 20.2 Å². The molecule has 1 fully saturated rings. The highest BCUT2D eigenvalue weighted by Gasteiger charge is 2.17. The summed E-state index contributed by atoms with van der Waals surface area (Å²) in [5.74, 6) is 0. The van der Waals surface area contributed by atoms with Gasteiger partial charge in [-0.3, -0.25) is 0 Å². The fourth-order valence-electron chi connectivity index (χ4n) is 2.31. The molecule has 17 heavy (non-hydrogen) atoms. The highest BCUT2D eigenvalue weighted by molar-refractivity contribution is 4.71. The minimum absolute atomic E-state index is 0.529. The minimum atomic E-state index is 0.529. The summed E-state index contributed by atoms with van der Waals surface area (Å²) in [6.45, 7) is 10.1. The molecule has 0 aromatic carbocycles. The van der Waals surface area contributed by atoms with E-state index in [0.29, 0.717) is 6.10 Å². The minimum Gasteiger partial charge on any atom is -0.381 e. The van der Waals surface area contributed by atoms with Gasteiger partial charge in [-0.25, -0.2) is 0 Å². The number of methoxy groups -OCH3 is 1. The van der Waals surface area contributed by atoms with Crippen molar-refractivity contribution in [1.82, 2.24) is 4.90 Å². The summed E-state index contributed by atoms with van der Waals surface area (Å²) in [7, 11) is 1.84. The molecule has 104 valence electrons. The van der Waals surface area contributed by atoms with Gasteiger partial charge in [-0.05, 0) is 25.8 Å². The number of likely N-dealkylation sites (tertiary alicyclic amines) is 1. The van der Waals surface area contributed by atoms with Crippen molar-refractivity contribution in [2.45, 2.75) is 71.8 Å². The van der Waals surface area contributed by atoms with E-state index in [2.05, 4.69) is 11.8 Å². The summed E-state index contributed by atoms with van der Waals surface area (Å²) < 4.78 is 5.37. The number of hydrogen-bond donors (Lipinski definition) is 0. The molecule has 1 rings (SSSR count). The van der Waals surface area contributed by atoms with Gasteiger partial charge in [0.25, 0.3) is 0 Å². The lowest BCUT2D eigenvalue weighted by Crippen LogP contribution is -2.37. The van der Waals surface area contributed by atoms with E-state index in [0.717, 1.165) is 0 Å². The number of nitrogens with zero attached hydrogens (tertiary/aromatic N) is 1. The Hall–Kier alpha value is -0.0800. The van der Waals surface area contributed by atoms with Crippen molar-refractivity contribution < 1.29 is 4.74 Å². The third kappa shape index (κ3) is 8.62. The van der Waals surface area contributed by atoms with Gasteiger partial charge in [-0.2, -0.15) is 0 Å². The van der Waals surface area contributed by atoms with Crippen LogP contribution in [0.15, 0.2) is 0 Å². The van der Waals surface area contributed by atoms with Crippen molar-refractivity contribution >= 4 is 0 Å². The first kappa shape index (κ1) is 16.9. The Balaban J connectivity index is 0.00000121. The Morgan fingerprint density at radius 1 is 1.00 bits per heavy atom. The zero-order valence-electron chi connectivity index (χ0n) is 12.5. The maximum atomic E-state index is 5.37. The van der Waals surface area contributed by atoms with E-state index in [4.69, 9.17) is 4.74 Å². The molecule has 1 aliphatic rings. The SMILES string of the molecule is CC.CCCCCCCN1CCC(OC)CC1. The molecule has 0 N–H and O–H groups in total. The molecule has 0 spiro atoms.